The second-order valence-corrected chi connectivity index (χ2v) is 3.38. The molecule has 0 heterocycles. The monoisotopic (exact) mass is 230 g/mol. The molecular weight excluding hydrogens is 212 g/mol. The molecule has 2 unspecified atom stereocenters. The molecule has 0 spiro atoms. The van der Waals surface area contributed by atoms with Crippen LogP contribution in [0.2, 0.25) is 0 Å². The van der Waals surface area contributed by atoms with E-state index in [0.29, 0.717) is 0 Å². The molecule has 0 rings (SSSR count). The maximum Gasteiger partial charge on any atom is 0.317 e. The first-order valence-electron chi connectivity index (χ1n) is 5.29. The van der Waals surface area contributed by atoms with Crippen LogP contribution in [0.5, 0.6) is 0 Å². The second-order valence-electron chi connectivity index (χ2n) is 3.38. The van der Waals surface area contributed by atoms with Gasteiger partial charge in [-0.25, -0.2) is 0 Å². The summed E-state index contributed by atoms with van der Waals surface area (Å²) in [6.07, 6.45) is 0. The molecule has 0 radical (unpaired) electrons. The Kier molecular flexibility index (Phi) is 6.37. The van der Waals surface area contributed by atoms with Gasteiger partial charge >= 0.3 is 11.9 Å². The van der Waals surface area contributed by atoms with Crippen molar-refractivity contribution in [1.29, 1.82) is 0 Å². The van der Waals surface area contributed by atoms with E-state index in [4.69, 9.17) is 9.47 Å². The Morgan fingerprint density at radius 3 is 1.81 bits per heavy atom. The van der Waals surface area contributed by atoms with Crippen LogP contribution >= 0.6 is 0 Å². The highest BCUT2D eigenvalue weighted by Gasteiger charge is 2.35. The highest BCUT2D eigenvalue weighted by Crippen LogP contribution is 2.16. The highest BCUT2D eigenvalue weighted by molar-refractivity contribution is 6.01. The Balaban J connectivity index is 4.71. The summed E-state index contributed by atoms with van der Waals surface area (Å²) in [5, 5.41) is 0. The van der Waals surface area contributed by atoms with Crippen molar-refractivity contribution in [1.82, 2.24) is 0 Å². The minimum atomic E-state index is -1.07. The van der Waals surface area contributed by atoms with E-state index in [1.165, 1.54) is 13.8 Å². The van der Waals surface area contributed by atoms with Crippen molar-refractivity contribution in [3.05, 3.63) is 0 Å². The van der Waals surface area contributed by atoms with Crippen molar-refractivity contribution < 1.29 is 23.9 Å². The van der Waals surface area contributed by atoms with Gasteiger partial charge < -0.3 is 9.47 Å². The number of Topliss-reactive ketones (excluding diaryl/α,β-unsaturated/α-hetero) is 1. The molecule has 0 aliphatic carbocycles. The first-order chi connectivity index (χ1) is 7.45. The third-order valence-electron chi connectivity index (χ3n) is 2.14. The molecule has 5 heteroatoms. The van der Waals surface area contributed by atoms with E-state index in [1.54, 1.807) is 13.8 Å². The van der Waals surface area contributed by atoms with Crippen molar-refractivity contribution in [2.45, 2.75) is 27.7 Å². The lowest BCUT2D eigenvalue weighted by Crippen LogP contribution is -2.35. The molecule has 0 bridgehead atoms. The number of carbonyl (C=O) groups excluding carboxylic acids is 3. The van der Waals surface area contributed by atoms with Gasteiger partial charge in [-0.15, -0.1) is 0 Å². The van der Waals surface area contributed by atoms with Crippen LogP contribution in [0.25, 0.3) is 0 Å². The Hall–Kier alpha value is -1.39. The fourth-order valence-electron chi connectivity index (χ4n) is 1.36. The average molecular weight is 230 g/mol. The van der Waals surface area contributed by atoms with Crippen molar-refractivity contribution in [2.75, 3.05) is 13.2 Å². The van der Waals surface area contributed by atoms with Crippen LogP contribution in [0.1, 0.15) is 27.7 Å². The van der Waals surface area contributed by atoms with E-state index >= 15 is 0 Å². The predicted molar refractivity (Wildman–Crippen MR) is 56.6 cm³/mol. The largest absolute Gasteiger partial charge is 0.466 e. The standard InChI is InChI=1S/C11H18O5/c1-5-15-10(13)7(3)9(8(4)12)11(14)16-6-2/h7,9H,5-6H2,1-4H3. The summed E-state index contributed by atoms with van der Waals surface area (Å²) in [6, 6.07) is 0. The van der Waals surface area contributed by atoms with Gasteiger partial charge in [0, 0.05) is 0 Å². The van der Waals surface area contributed by atoms with Crippen LogP contribution in [0.4, 0.5) is 0 Å². The van der Waals surface area contributed by atoms with Gasteiger partial charge in [0.25, 0.3) is 0 Å². The van der Waals surface area contributed by atoms with Crippen molar-refractivity contribution in [3.8, 4) is 0 Å². The molecule has 0 fully saturated rings. The van der Waals surface area contributed by atoms with Crippen LogP contribution in [0.15, 0.2) is 0 Å². The minimum absolute atomic E-state index is 0.179. The summed E-state index contributed by atoms with van der Waals surface area (Å²) in [4.78, 5) is 34.2. The minimum Gasteiger partial charge on any atom is -0.466 e. The van der Waals surface area contributed by atoms with Crippen LogP contribution in [-0.2, 0) is 23.9 Å². The molecule has 0 aromatic carbocycles. The Morgan fingerprint density at radius 1 is 1.00 bits per heavy atom. The number of esters is 2. The van der Waals surface area contributed by atoms with E-state index in [1.807, 2.05) is 0 Å². The summed E-state index contributed by atoms with van der Waals surface area (Å²) >= 11 is 0. The smallest absolute Gasteiger partial charge is 0.317 e. The topological polar surface area (TPSA) is 69.7 Å². The van der Waals surface area contributed by atoms with Gasteiger partial charge in [-0.3, -0.25) is 14.4 Å². The molecule has 5 nitrogen and oxygen atoms in total. The van der Waals surface area contributed by atoms with E-state index in [0.717, 1.165) is 0 Å². The van der Waals surface area contributed by atoms with Gasteiger partial charge in [0.15, 0.2) is 0 Å². The molecule has 16 heavy (non-hydrogen) atoms. The van der Waals surface area contributed by atoms with Gasteiger partial charge in [0.05, 0.1) is 19.1 Å². The maximum absolute atomic E-state index is 11.5. The Bertz CT molecular complexity index is 272. The maximum atomic E-state index is 11.5. The summed E-state index contributed by atoms with van der Waals surface area (Å²) in [5.74, 6) is -3.50. The van der Waals surface area contributed by atoms with Gasteiger partial charge in [0.1, 0.15) is 11.7 Å². The van der Waals surface area contributed by atoms with Crippen LogP contribution < -0.4 is 0 Å². The van der Waals surface area contributed by atoms with Gasteiger partial charge in [-0.1, -0.05) is 6.92 Å². The average Bonchev–Trinajstić information content (AvgIpc) is 2.17. The molecule has 0 amide bonds. The molecule has 2 atom stereocenters. The fraction of sp³-hybridized carbons (Fsp3) is 0.727. The summed E-state index contributed by atoms with van der Waals surface area (Å²) < 4.78 is 9.51. The zero-order valence-electron chi connectivity index (χ0n) is 10.1. The molecule has 0 saturated carbocycles. The van der Waals surface area contributed by atoms with E-state index in [9.17, 15) is 14.4 Å². The SMILES string of the molecule is CCOC(=O)C(C)C(C(C)=O)C(=O)OCC. The third kappa shape index (κ3) is 4.00. The number of rotatable bonds is 6. The molecule has 92 valence electrons. The van der Waals surface area contributed by atoms with Crippen molar-refractivity contribution >= 4 is 17.7 Å². The molecule has 0 aromatic rings. The quantitative estimate of drug-likeness (QED) is 0.502. The molecule has 0 aliphatic rings. The van der Waals surface area contributed by atoms with Gasteiger partial charge in [0.2, 0.25) is 0 Å². The Labute approximate surface area is 95.1 Å². The zero-order chi connectivity index (χ0) is 12.7. The number of carbonyl (C=O) groups is 3. The Morgan fingerprint density at radius 2 is 1.44 bits per heavy atom. The number of ether oxygens (including phenoxy) is 2. The van der Waals surface area contributed by atoms with E-state index in [-0.39, 0.29) is 19.0 Å². The molecule has 0 aromatic heterocycles. The van der Waals surface area contributed by atoms with Crippen LogP contribution in [0.3, 0.4) is 0 Å². The number of ketones is 1. The second kappa shape index (κ2) is 6.98. The fourth-order valence-corrected chi connectivity index (χ4v) is 1.36. The predicted octanol–water partition coefficient (Wildman–Crippen LogP) is 0.954. The van der Waals surface area contributed by atoms with Crippen molar-refractivity contribution in [2.24, 2.45) is 11.8 Å². The number of hydrogen-bond donors (Lipinski definition) is 0. The van der Waals surface area contributed by atoms with E-state index in [2.05, 4.69) is 0 Å². The summed E-state index contributed by atoms with van der Waals surface area (Å²) in [6.45, 7) is 6.45. The zero-order valence-corrected chi connectivity index (χ0v) is 10.1. The van der Waals surface area contributed by atoms with Crippen molar-refractivity contribution in [3.63, 3.8) is 0 Å². The van der Waals surface area contributed by atoms with Crippen LogP contribution in [-0.4, -0.2) is 30.9 Å². The van der Waals surface area contributed by atoms with Crippen LogP contribution in [0, 0.1) is 11.8 Å². The molecule has 0 saturated heterocycles. The van der Waals surface area contributed by atoms with E-state index < -0.39 is 23.8 Å². The molecule has 0 aliphatic heterocycles. The lowest BCUT2D eigenvalue weighted by molar-refractivity contribution is -0.162. The highest BCUT2D eigenvalue weighted by atomic mass is 16.5. The normalized spacial score (nSPS) is 13.8. The van der Waals surface area contributed by atoms with Gasteiger partial charge in [-0.05, 0) is 20.8 Å². The van der Waals surface area contributed by atoms with Gasteiger partial charge in [-0.2, -0.15) is 0 Å². The summed E-state index contributed by atoms with van der Waals surface area (Å²) in [5.41, 5.74) is 0. The first kappa shape index (κ1) is 14.6. The third-order valence-corrected chi connectivity index (χ3v) is 2.14. The lowest BCUT2D eigenvalue weighted by atomic mass is 9.91. The molecule has 0 N–H and O–H groups in total. The number of hydrogen-bond acceptors (Lipinski definition) is 5. The summed E-state index contributed by atoms with van der Waals surface area (Å²) in [7, 11) is 0. The molecular formula is C11H18O5. The lowest BCUT2D eigenvalue weighted by Gasteiger charge is -2.18. The first-order valence-corrected chi connectivity index (χ1v) is 5.29.